The van der Waals surface area contributed by atoms with Gasteiger partial charge in [0.25, 0.3) is 5.56 Å². The number of aromatic nitrogens is 1. The monoisotopic (exact) mass is 398 g/mol. The Hall–Kier alpha value is -3.61. The average molecular weight is 399 g/mol. The molecule has 0 radical (unpaired) electrons. The summed E-state index contributed by atoms with van der Waals surface area (Å²) in [5.74, 6) is 0. The topological polar surface area (TPSA) is 45.8 Å². The number of nitriles is 1. The zero-order valence-corrected chi connectivity index (χ0v) is 16.7. The second kappa shape index (κ2) is 9.05. The molecular weight excluding hydrogens is 380 g/mol. The van der Waals surface area contributed by atoms with Gasteiger partial charge in [-0.2, -0.15) is 5.26 Å². The number of rotatable bonds is 5. The molecular formula is C25H19ClN2O. The zero-order chi connectivity index (χ0) is 20.8. The molecule has 0 atom stereocenters. The highest BCUT2D eigenvalue weighted by Gasteiger charge is 2.14. The third kappa shape index (κ3) is 4.29. The lowest BCUT2D eigenvalue weighted by Crippen LogP contribution is -2.20. The first kappa shape index (κ1) is 20.1. The summed E-state index contributed by atoms with van der Waals surface area (Å²) in [7, 11) is 0. The molecule has 0 fully saturated rings. The van der Waals surface area contributed by atoms with Crippen LogP contribution < -0.4 is 5.56 Å². The largest absolute Gasteiger partial charge is 0.283 e. The molecule has 0 saturated heterocycles. The van der Waals surface area contributed by atoms with Crippen LogP contribution in [0.1, 0.15) is 12.5 Å². The second-order valence-electron chi connectivity index (χ2n) is 6.31. The predicted molar refractivity (Wildman–Crippen MR) is 121 cm³/mol. The Morgan fingerprint density at radius 2 is 1.90 bits per heavy atom. The second-order valence-corrected chi connectivity index (χ2v) is 6.74. The molecule has 0 unspecified atom stereocenters. The van der Waals surface area contributed by atoms with Gasteiger partial charge in [-0.05, 0) is 48.9 Å². The summed E-state index contributed by atoms with van der Waals surface area (Å²) in [4.78, 5) is 13.3. The highest BCUT2D eigenvalue weighted by atomic mass is 35.5. The molecule has 2 aromatic carbocycles. The molecule has 29 heavy (non-hydrogen) atoms. The van der Waals surface area contributed by atoms with Crippen molar-refractivity contribution in [2.75, 3.05) is 0 Å². The maximum absolute atomic E-state index is 13.3. The van der Waals surface area contributed by atoms with Crippen molar-refractivity contribution >= 4 is 17.3 Å². The van der Waals surface area contributed by atoms with Gasteiger partial charge in [-0.1, -0.05) is 60.7 Å². The van der Waals surface area contributed by atoms with Crippen LogP contribution in [0.3, 0.4) is 0 Å². The summed E-state index contributed by atoms with van der Waals surface area (Å²) in [6.07, 6.45) is 8.91. The van der Waals surface area contributed by atoms with Gasteiger partial charge in [0.1, 0.15) is 0 Å². The minimum atomic E-state index is -0.193. The lowest BCUT2D eigenvalue weighted by molar-refractivity contribution is 1.03. The van der Waals surface area contributed by atoms with Gasteiger partial charge in [-0.3, -0.25) is 9.36 Å². The lowest BCUT2D eigenvalue weighted by Gasteiger charge is -2.14. The summed E-state index contributed by atoms with van der Waals surface area (Å²) in [6.45, 7) is 5.75. The van der Waals surface area contributed by atoms with Gasteiger partial charge in [0, 0.05) is 33.6 Å². The number of allylic oxidation sites excluding steroid dienone is 5. The van der Waals surface area contributed by atoms with Crippen LogP contribution in [0.15, 0.2) is 96.5 Å². The molecule has 0 spiro atoms. The molecule has 0 aliphatic carbocycles. The van der Waals surface area contributed by atoms with Crippen LogP contribution in [-0.2, 0) is 0 Å². The maximum Gasteiger partial charge on any atom is 0.262 e. The third-order valence-corrected chi connectivity index (χ3v) is 4.69. The first-order chi connectivity index (χ1) is 14.1. The molecule has 0 N–H and O–H groups in total. The summed E-state index contributed by atoms with van der Waals surface area (Å²) in [6, 6.07) is 18.5. The predicted octanol–water partition coefficient (Wildman–Crippen LogP) is 6.31. The summed E-state index contributed by atoms with van der Waals surface area (Å²) < 4.78 is 1.55. The molecule has 0 aliphatic heterocycles. The van der Waals surface area contributed by atoms with Gasteiger partial charge in [-0.15, -0.1) is 0 Å². The van der Waals surface area contributed by atoms with E-state index < -0.39 is 0 Å². The van der Waals surface area contributed by atoms with E-state index in [1.54, 1.807) is 47.2 Å². The maximum atomic E-state index is 13.3. The Kier molecular flexibility index (Phi) is 6.29. The zero-order valence-electron chi connectivity index (χ0n) is 16.0. The fourth-order valence-corrected chi connectivity index (χ4v) is 3.25. The minimum Gasteiger partial charge on any atom is -0.283 e. The highest BCUT2D eigenvalue weighted by molar-refractivity contribution is 6.30. The highest BCUT2D eigenvalue weighted by Crippen LogP contribution is 2.28. The first-order valence-corrected chi connectivity index (χ1v) is 9.44. The van der Waals surface area contributed by atoms with E-state index in [2.05, 4.69) is 12.6 Å². The summed E-state index contributed by atoms with van der Waals surface area (Å²) >= 11 is 6.16. The van der Waals surface area contributed by atoms with E-state index in [9.17, 15) is 10.1 Å². The molecule has 3 aromatic rings. The van der Waals surface area contributed by atoms with Crippen molar-refractivity contribution in [2.45, 2.75) is 6.92 Å². The van der Waals surface area contributed by atoms with Crippen molar-refractivity contribution < 1.29 is 0 Å². The van der Waals surface area contributed by atoms with E-state index in [-0.39, 0.29) is 5.56 Å². The molecule has 4 heteroatoms. The summed E-state index contributed by atoms with van der Waals surface area (Å²) in [5, 5.41) is 10.1. The van der Waals surface area contributed by atoms with Crippen molar-refractivity contribution in [2.24, 2.45) is 0 Å². The molecule has 0 amide bonds. The quantitative estimate of drug-likeness (QED) is 0.472. The average Bonchev–Trinajstić information content (AvgIpc) is 2.75. The normalized spacial score (nSPS) is 11.4. The minimum absolute atomic E-state index is 0.193. The number of benzene rings is 2. The van der Waals surface area contributed by atoms with E-state index in [1.165, 1.54) is 0 Å². The van der Waals surface area contributed by atoms with Crippen LogP contribution in [0.4, 0.5) is 0 Å². The number of nitrogens with zero attached hydrogens (tertiary/aromatic N) is 2. The van der Waals surface area contributed by atoms with E-state index in [1.807, 2.05) is 49.4 Å². The number of pyridine rings is 1. The Bertz CT molecular complexity index is 1230. The Morgan fingerprint density at radius 3 is 2.59 bits per heavy atom. The van der Waals surface area contributed by atoms with E-state index in [0.29, 0.717) is 27.4 Å². The summed E-state index contributed by atoms with van der Waals surface area (Å²) in [5.41, 5.74) is 3.68. The van der Waals surface area contributed by atoms with Crippen LogP contribution in [0.5, 0.6) is 0 Å². The van der Waals surface area contributed by atoms with Crippen LogP contribution in [0, 0.1) is 11.3 Å². The van der Waals surface area contributed by atoms with Gasteiger partial charge in [-0.25, -0.2) is 0 Å². The SMILES string of the molecule is C=C/C(=C\C=C/C)n1cc(-c2ccccc2C#N)cc(-c2cccc(Cl)c2)c1=O. The molecule has 3 nitrogen and oxygen atoms in total. The molecule has 0 bridgehead atoms. The molecule has 142 valence electrons. The molecule has 0 aliphatic rings. The fraction of sp³-hybridized carbons (Fsp3) is 0.0400. The Morgan fingerprint density at radius 1 is 1.10 bits per heavy atom. The molecule has 1 heterocycles. The molecule has 0 saturated carbocycles. The van der Waals surface area contributed by atoms with Gasteiger partial charge in [0.15, 0.2) is 0 Å². The third-order valence-electron chi connectivity index (χ3n) is 4.46. The van der Waals surface area contributed by atoms with Gasteiger partial charge >= 0.3 is 0 Å². The lowest BCUT2D eigenvalue weighted by atomic mass is 9.98. The number of hydrogen-bond acceptors (Lipinski definition) is 2. The number of hydrogen-bond donors (Lipinski definition) is 0. The van der Waals surface area contributed by atoms with Crippen molar-refractivity contribution in [3.05, 3.63) is 113 Å². The Balaban J connectivity index is 2.38. The smallest absolute Gasteiger partial charge is 0.262 e. The van der Waals surface area contributed by atoms with E-state index in [4.69, 9.17) is 11.6 Å². The van der Waals surface area contributed by atoms with Crippen LogP contribution in [0.25, 0.3) is 28.0 Å². The van der Waals surface area contributed by atoms with Crippen LogP contribution in [0.2, 0.25) is 5.02 Å². The van der Waals surface area contributed by atoms with Gasteiger partial charge < -0.3 is 0 Å². The van der Waals surface area contributed by atoms with Gasteiger partial charge in [0.05, 0.1) is 11.6 Å². The van der Waals surface area contributed by atoms with Crippen molar-refractivity contribution in [3.8, 4) is 28.3 Å². The van der Waals surface area contributed by atoms with Crippen LogP contribution in [-0.4, -0.2) is 4.57 Å². The van der Waals surface area contributed by atoms with Crippen LogP contribution >= 0.6 is 11.6 Å². The van der Waals surface area contributed by atoms with Crippen molar-refractivity contribution in [1.82, 2.24) is 4.57 Å². The fourth-order valence-electron chi connectivity index (χ4n) is 3.06. The van der Waals surface area contributed by atoms with Crippen molar-refractivity contribution in [1.29, 1.82) is 5.26 Å². The molecule has 1 aromatic heterocycles. The molecule has 3 rings (SSSR count). The Labute approximate surface area is 175 Å². The number of halogens is 1. The van der Waals surface area contributed by atoms with Crippen molar-refractivity contribution in [3.63, 3.8) is 0 Å². The van der Waals surface area contributed by atoms with Gasteiger partial charge in [0.2, 0.25) is 0 Å². The standard InChI is InChI=1S/C25H19ClN2O/c1-3-5-12-22(4-2)28-17-20(23-13-7-6-9-19(23)16-27)15-24(25(28)29)18-10-8-11-21(26)14-18/h3-15,17H,2H2,1H3/b5-3-,22-12+. The van der Waals surface area contributed by atoms with E-state index in [0.717, 1.165) is 11.1 Å². The first-order valence-electron chi connectivity index (χ1n) is 9.07. The van der Waals surface area contributed by atoms with E-state index >= 15 is 0 Å².